The molecule has 0 aromatic heterocycles. The topological polar surface area (TPSA) is 20.2 Å². The molecule has 0 unspecified atom stereocenters. The number of aliphatic hydroxyl groups is 1. The molecule has 0 bridgehead atoms. The van der Waals surface area contributed by atoms with Gasteiger partial charge in [-0.05, 0) is 6.92 Å². The first-order valence-electron chi connectivity index (χ1n) is 4.75. The van der Waals surface area contributed by atoms with Crippen molar-refractivity contribution < 1.29 is 5.11 Å². The monoisotopic (exact) mass is 204 g/mol. The first-order chi connectivity index (χ1) is 6.59. The minimum absolute atomic E-state index is 0.477. The highest BCUT2D eigenvalue weighted by Gasteiger charge is 2.30. The largest absolute Gasteiger partial charge is 0.384 e. The van der Waals surface area contributed by atoms with E-state index in [4.69, 9.17) is 0 Å². The quantitative estimate of drug-likeness (QED) is 0.572. The molecule has 1 atom stereocenters. The van der Waals surface area contributed by atoms with Crippen LogP contribution in [0.25, 0.3) is 0 Å². The minimum Gasteiger partial charge on any atom is -0.384 e. The zero-order valence-corrected chi connectivity index (χ0v) is 9.91. The van der Waals surface area contributed by atoms with E-state index in [2.05, 4.69) is 37.1 Å². The van der Waals surface area contributed by atoms with Crippen molar-refractivity contribution in [3.63, 3.8) is 0 Å². The fourth-order valence-corrected chi connectivity index (χ4v) is 3.22. The van der Waals surface area contributed by atoms with E-state index in [9.17, 15) is 5.11 Å². The molecule has 0 saturated heterocycles. The van der Waals surface area contributed by atoms with Crippen LogP contribution in [0.15, 0.2) is 30.3 Å². The summed E-state index contributed by atoms with van der Waals surface area (Å²) in [5.41, 5.74) is -0.477. The molecule has 0 aliphatic carbocycles. The second-order valence-electron chi connectivity index (χ2n) is 3.88. The van der Waals surface area contributed by atoms with Gasteiger partial charge in [0.1, 0.15) is 13.8 Å². The smallest absolute Gasteiger partial charge is 0.128 e. The minimum atomic E-state index is -1.82. The highest BCUT2D eigenvalue weighted by atomic mass is 28.3. The fourth-order valence-electron chi connectivity index (χ4n) is 1.34. The van der Waals surface area contributed by atoms with Crippen LogP contribution in [0.4, 0.5) is 0 Å². The van der Waals surface area contributed by atoms with Crippen LogP contribution < -0.4 is 5.19 Å². The highest BCUT2D eigenvalue weighted by Crippen LogP contribution is 2.08. The number of hydrogen-bond donors (Lipinski definition) is 1. The van der Waals surface area contributed by atoms with E-state index in [0.717, 1.165) is 0 Å². The van der Waals surface area contributed by atoms with Gasteiger partial charge in [-0.15, -0.1) is 5.92 Å². The van der Waals surface area contributed by atoms with E-state index in [1.807, 2.05) is 18.2 Å². The van der Waals surface area contributed by atoms with Crippen molar-refractivity contribution in [2.45, 2.75) is 25.7 Å². The van der Waals surface area contributed by atoms with Crippen LogP contribution >= 0.6 is 0 Å². The van der Waals surface area contributed by atoms with Crippen LogP contribution in [-0.4, -0.2) is 18.9 Å². The Kier molecular flexibility index (Phi) is 3.51. The van der Waals surface area contributed by atoms with Crippen molar-refractivity contribution in [2.24, 2.45) is 0 Å². The normalized spacial score (nSPS) is 12.9. The second-order valence-corrected chi connectivity index (χ2v) is 8.45. The zero-order chi connectivity index (χ0) is 10.6. The van der Waals surface area contributed by atoms with Crippen LogP contribution in [0.1, 0.15) is 6.92 Å². The average Bonchev–Trinajstić information content (AvgIpc) is 2.19. The fraction of sp³-hybridized carbons (Fsp3) is 0.333. The van der Waals surface area contributed by atoms with Crippen LogP contribution in [0.2, 0.25) is 13.1 Å². The van der Waals surface area contributed by atoms with Gasteiger partial charge in [-0.2, -0.15) is 0 Å². The predicted octanol–water partition coefficient (Wildman–Crippen LogP) is 1.53. The summed E-state index contributed by atoms with van der Waals surface area (Å²) in [6.07, 6.45) is 0. The van der Waals surface area contributed by atoms with Gasteiger partial charge >= 0.3 is 0 Å². The summed E-state index contributed by atoms with van der Waals surface area (Å²) in [5, 5.41) is 11.2. The third-order valence-corrected chi connectivity index (χ3v) is 5.82. The molecule has 1 aromatic carbocycles. The van der Waals surface area contributed by atoms with Crippen LogP contribution in [0.5, 0.6) is 0 Å². The number of rotatable bonds is 2. The first-order valence-corrected chi connectivity index (χ1v) is 7.82. The summed E-state index contributed by atoms with van der Waals surface area (Å²) in [5.74, 6) is 5.63. The molecule has 1 aromatic rings. The Morgan fingerprint density at radius 3 is 2.29 bits per heavy atom. The first kappa shape index (κ1) is 11.0. The van der Waals surface area contributed by atoms with Crippen molar-refractivity contribution in [3.05, 3.63) is 30.3 Å². The Bertz CT molecular complexity index is 346. The molecule has 1 rings (SSSR count). The van der Waals surface area contributed by atoms with Gasteiger partial charge in [0.2, 0.25) is 0 Å². The maximum absolute atomic E-state index is 9.92. The predicted molar refractivity (Wildman–Crippen MR) is 63.0 cm³/mol. The molecular weight excluding hydrogens is 188 g/mol. The molecule has 0 saturated carbocycles. The van der Waals surface area contributed by atoms with Crippen molar-refractivity contribution in [1.29, 1.82) is 0 Å². The zero-order valence-electron chi connectivity index (χ0n) is 8.91. The molecular formula is C12H16OSi. The molecule has 1 nitrogen and oxygen atoms in total. The SMILES string of the molecule is CC#C[C@H](O)[Si](C)(C)c1ccccc1. The van der Waals surface area contributed by atoms with E-state index in [1.165, 1.54) is 5.19 Å². The Labute approximate surface area is 86.8 Å². The van der Waals surface area contributed by atoms with Gasteiger partial charge in [-0.1, -0.05) is 54.5 Å². The van der Waals surface area contributed by atoms with Crippen LogP contribution in [0, 0.1) is 11.8 Å². The molecule has 0 radical (unpaired) electrons. The summed E-state index contributed by atoms with van der Waals surface area (Å²) in [6.45, 7) is 6.04. The molecule has 0 amide bonds. The van der Waals surface area contributed by atoms with Crippen molar-refractivity contribution >= 4 is 13.3 Å². The molecule has 14 heavy (non-hydrogen) atoms. The van der Waals surface area contributed by atoms with Crippen LogP contribution in [-0.2, 0) is 0 Å². The number of aliphatic hydroxyl groups excluding tert-OH is 1. The molecule has 0 fully saturated rings. The van der Waals surface area contributed by atoms with E-state index in [0.29, 0.717) is 0 Å². The van der Waals surface area contributed by atoms with Gasteiger partial charge in [0.25, 0.3) is 0 Å². The van der Waals surface area contributed by atoms with Crippen molar-refractivity contribution in [1.82, 2.24) is 0 Å². The van der Waals surface area contributed by atoms with Gasteiger partial charge in [-0.25, -0.2) is 0 Å². The van der Waals surface area contributed by atoms with Gasteiger partial charge < -0.3 is 5.11 Å². The average molecular weight is 204 g/mol. The lowest BCUT2D eigenvalue weighted by Crippen LogP contribution is -2.52. The van der Waals surface area contributed by atoms with Gasteiger partial charge in [-0.3, -0.25) is 0 Å². The summed E-state index contributed by atoms with van der Waals surface area (Å²) < 4.78 is 0. The third kappa shape index (κ3) is 2.25. The lowest BCUT2D eigenvalue weighted by atomic mass is 10.4. The summed E-state index contributed by atoms with van der Waals surface area (Å²) in [4.78, 5) is 0. The molecule has 0 aliphatic rings. The van der Waals surface area contributed by atoms with Crippen molar-refractivity contribution in [2.75, 3.05) is 0 Å². The number of hydrogen-bond acceptors (Lipinski definition) is 1. The molecule has 2 heteroatoms. The number of benzene rings is 1. The highest BCUT2D eigenvalue weighted by molar-refractivity contribution is 6.91. The third-order valence-electron chi connectivity index (χ3n) is 2.48. The molecule has 0 aliphatic heterocycles. The Morgan fingerprint density at radius 1 is 1.21 bits per heavy atom. The lowest BCUT2D eigenvalue weighted by Gasteiger charge is -2.25. The summed E-state index contributed by atoms with van der Waals surface area (Å²) >= 11 is 0. The van der Waals surface area contributed by atoms with Gasteiger partial charge in [0, 0.05) is 0 Å². The van der Waals surface area contributed by atoms with E-state index < -0.39 is 13.8 Å². The van der Waals surface area contributed by atoms with Crippen LogP contribution in [0.3, 0.4) is 0 Å². The van der Waals surface area contributed by atoms with Gasteiger partial charge in [0.05, 0.1) is 0 Å². The standard InChI is InChI=1S/C12H16OSi/c1-4-8-12(13)14(2,3)11-9-6-5-7-10-11/h5-7,9-10,12-13H,1-3H3/t12-/m1/s1. The maximum Gasteiger partial charge on any atom is 0.128 e. The summed E-state index contributed by atoms with van der Waals surface area (Å²) in [6, 6.07) is 10.2. The molecule has 1 N–H and O–H groups in total. The Morgan fingerprint density at radius 2 is 1.79 bits per heavy atom. The molecule has 0 spiro atoms. The summed E-state index contributed by atoms with van der Waals surface area (Å²) in [7, 11) is -1.82. The maximum atomic E-state index is 9.92. The Hall–Kier alpha value is -1.04. The van der Waals surface area contributed by atoms with Gasteiger partial charge in [0.15, 0.2) is 0 Å². The van der Waals surface area contributed by atoms with E-state index in [-0.39, 0.29) is 0 Å². The molecule has 0 heterocycles. The second kappa shape index (κ2) is 4.45. The molecule has 74 valence electrons. The lowest BCUT2D eigenvalue weighted by molar-refractivity contribution is 0.301. The van der Waals surface area contributed by atoms with E-state index >= 15 is 0 Å². The van der Waals surface area contributed by atoms with E-state index in [1.54, 1.807) is 6.92 Å². The Balaban J connectivity index is 2.99. The van der Waals surface area contributed by atoms with Crippen molar-refractivity contribution in [3.8, 4) is 11.8 Å².